The van der Waals surface area contributed by atoms with E-state index in [4.69, 9.17) is 5.11 Å². The molecule has 5 nitrogen and oxygen atoms in total. The van der Waals surface area contributed by atoms with Crippen LogP contribution in [0, 0.1) is 13.8 Å². The lowest BCUT2D eigenvalue weighted by atomic mass is 10.1. The normalized spacial score (nSPS) is 10.8. The quantitative estimate of drug-likeness (QED) is 0.676. The van der Waals surface area contributed by atoms with Crippen molar-refractivity contribution in [1.29, 1.82) is 0 Å². The highest BCUT2D eigenvalue weighted by atomic mass is 16.2. The first-order valence-electron chi connectivity index (χ1n) is 7.43. The molecule has 20 heavy (non-hydrogen) atoms. The van der Waals surface area contributed by atoms with Crippen LogP contribution < -0.4 is 5.32 Å². The first-order chi connectivity index (χ1) is 9.56. The highest BCUT2D eigenvalue weighted by Crippen LogP contribution is 2.13. The van der Waals surface area contributed by atoms with Crippen molar-refractivity contribution in [1.82, 2.24) is 15.1 Å². The number of nitrogens with zero attached hydrogens (tertiary/aromatic N) is 2. The third-order valence-corrected chi connectivity index (χ3v) is 3.67. The summed E-state index contributed by atoms with van der Waals surface area (Å²) in [6, 6.07) is 0. The molecule has 1 aromatic rings. The molecule has 2 N–H and O–H groups in total. The van der Waals surface area contributed by atoms with Gasteiger partial charge in [-0.15, -0.1) is 0 Å². The van der Waals surface area contributed by atoms with Crippen molar-refractivity contribution in [2.45, 2.75) is 52.4 Å². The number of aryl methyl sites for hydroxylation is 2. The molecule has 1 amide bonds. The van der Waals surface area contributed by atoms with Gasteiger partial charge in [0.25, 0.3) is 0 Å². The van der Waals surface area contributed by atoms with E-state index in [1.165, 1.54) is 5.56 Å². The van der Waals surface area contributed by atoms with Crippen LogP contribution in [-0.2, 0) is 18.3 Å². The highest BCUT2D eigenvalue weighted by Gasteiger charge is 2.10. The molecule has 1 aromatic heterocycles. The smallest absolute Gasteiger partial charge is 0.220 e. The third-order valence-electron chi connectivity index (χ3n) is 3.67. The van der Waals surface area contributed by atoms with Crippen molar-refractivity contribution in [2.24, 2.45) is 7.05 Å². The monoisotopic (exact) mass is 281 g/mol. The average Bonchev–Trinajstić information content (AvgIpc) is 2.65. The molecule has 5 heteroatoms. The van der Waals surface area contributed by atoms with Gasteiger partial charge in [-0.2, -0.15) is 5.10 Å². The molecule has 0 atom stereocenters. The number of carbonyl (C=O) groups is 1. The fourth-order valence-corrected chi connectivity index (χ4v) is 2.32. The van der Waals surface area contributed by atoms with Gasteiger partial charge in [0.05, 0.1) is 5.69 Å². The summed E-state index contributed by atoms with van der Waals surface area (Å²) in [5.41, 5.74) is 3.34. The summed E-state index contributed by atoms with van der Waals surface area (Å²) in [6.07, 6.45) is 5.19. The van der Waals surface area contributed by atoms with Crippen LogP contribution in [0.4, 0.5) is 0 Å². The Morgan fingerprint density at radius 1 is 1.25 bits per heavy atom. The van der Waals surface area contributed by atoms with E-state index in [-0.39, 0.29) is 12.5 Å². The van der Waals surface area contributed by atoms with Crippen molar-refractivity contribution in [3.63, 3.8) is 0 Å². The predicted octanol–water partition coefficient (Wildman–Crippen LogP) is 1.64. The zero-order valence-electron chi connectivity index (χ0n) is 12.9. The summed E-state index contributed by atoms with van der Waals surface area (Å²) in [7, 11) is 1.93. The molecule has 0 aromatic carbocycles. The summed E-state index contributed by atoms with van der Waals surface area (Å²) in [6.45, 7) is 5.02. The summed E-state index contributed by atoms with van der Waals surface area (Å²) in [5, 5.41) is 16.0. The minimum absolute atomic E-state index is 0.106. The Bertz CT molecular complexity index is 427. The van der Waals surface area contributed by atoms with Crippen molar-refractivity contribution in [3.05, 3.63) is 17.0 Å². The van der Waals surface area contributed by atoms with E-state index in [1.807, 2.05) is 25.6 Å². The third kappa shape index (κ3) is 5.33. The molecule has 114 valence electrons. The Labute approximate surface area is 121 Å². The molecule has 0 fully saturated rings. The molecule has 0 aliphatic rings. The largest absolute Gasteiger partial charge is 0.396 e. The Balaban J connectivity index is 2.20. The molecule has 1 heterocycles. The maximum atomic E-state index is 11.8. The SMILES string of the molecule is Cc1nn(C)c(C)c1CCC(=O)NCCCCCCO. The van der Waals surface area contributed by atoms with Crippen LogP contribution >= 0.6 is 0 Å². The minimum atomic E-state index is 0.106. The Morgan fingerprint density at radius 3 is 2.55 bits per heavy atom. The first-order valence-corrected chi connectivity index (χ1v) is 7.43. The summed E-state index contributed by atoms with van der Waals surface area (Å²) in [4.78, 5) is 11.8. The van der Waals surface area contributed by atoms with Crippen molar-refractivity contribution in [3.8, 4) is 0 Å². The molecule has 0 unspecified atom stereocenters. The lowest BCUT2D eigenvalue weighted by molar-refractivity contribution is -0.121. The molecule has 0 aliphatic carbocycles. The van der Waals surface area contributed by atoms with Gasteiger partial charge in [0.2, 0.25) is 5.91 Å². The van der Waals surface area contributed by atoms with Gasteiger partial charge in [0.15, 0.2) is 0 Å². The molecular weight excluding hydrogens is 254 g/mol. The van der Waals surface area contributed by atoms with Gasteiger partial charge in [-0.05, 0) is 38.7 Å². The van der Waals surface area contributed by atoms with Crippen LogP contribution in [-0.4, -0.2) is 33.9 Å². The molecule has 0 saturated carbocycles. The van der Waals surface area contributed by atoms with Crippen LogP contribution in [0.1, 0.15) is 49.1 Å². The molecule has 0 saturated heterocycles. The summed E-state index contributed by atoms with van der Waals surface area (Å²) in [5.74, 6) is 0.106. The number of aliphatic hydroxyl groups is 1. The van der Waals surface area contributed by atoms with Gasteiger partial charge in [-0.25, -0.2) is 0 Å². The number of aromatic nitrogens is 2. The number of carbonyl (C=O) groups excluding carboxylic acids is 1. The average molecular weight is 281 g/mol. The lowest BCUT2D eigenvalue weighted by Gasteiger charge is -2.05. The van der Waals surface area contributed by atoms with E-state index in [0.29, 0.717) is 6.42 Å². The van der Waals surface area contributed by atoms with Crippen LogP contribution in [0.3, 0.4) is 0 Å². The van der Waals surface area contributed by atoms with Crippen LogP contribution in [0.25, 0.3) is 0 Å². The fraction of sp³-hybridized carbons (Fsp3) is 0.733. The second-order valence-corrected chi connectivity index (χ2v) is 5.26. The zero-order valence-corrected chi connectivity index (χ0v) is 12.9. The van der Waals surface area contributed by atoms with Gasteiger partial charge in [0.1, 0.15) is 0 Å². The van der Waals surface area contributed by atoms with E-state index < -0.39 is 0 Å². The van der Waals surface area contributed by atoms with Gasteiger partial charge >= 0.3 is 0 Å². The molecule has 0 aliphatic heterocycles. The van der Waals surface area contributed by atoms with E-state index in [9.17, 15) is 4.79 Å². The van der Waals surface area contributed by atoms with Crippen molar-refractivity contribution < 1.29 is 9.90 Å². The maximum Gasteiger partial charge on any atom is 0.220 e. The molecule has 1 rings (SSSR count). The van der Waals surface area contributed by atoms with Crippen molar-refractivity contribution in [2.75, 3.05) is 13.2 Å². The predicted molar refractivity (Wildman–Crippen MR) is 79.6 cm³/mol. The standard InChI is InChI=1S/C15H27N3O2/c1-12-14(13(2)18(3)17-12)8-9-15(20)16-10-6-4-5-7-11-19/h19H,4-11H2,1-3H3,(H,16,20). The van der Waals surface area contributed by atoms with E-state index >= 15 is 0 Å². The lowest BCUT2D eigenvalue weighted by Crippen LogP contribution is -2.24. The second kappa shape index (κ2) is 8.74. The maximum absolute atomic E-state index is 11.8. The van der Waals surface area contributed by atoms with Gasteiger partial charge < -0.3 is 10.4 Å². The molecular formula is C15H27N3O2. The van der Waals surface area contributed by atoms with Gasteiger partial charge in [0, 0.05) is 32.3 Å². The highest BCUT2D eigenvalue weighted by molar-refractivity contribution is 5.76. The first kappa shape index (κ1) is 16.7. The Morgan fingerprint density at radius 2 is 1.95 bits per heavy atom. The number of nitrogens with one attached hydrogen (secondary N) is 1. The summed E-state index contributed by atoms with van der Waals surface area (Å²) < 4.78 is 1.86. The van der Waals surface area contributed by atoms with Crippen molar-refractivity contribution >= 4 is 5.91 Å². The van der Waals surface area contributed by atoms with E-state index in [0.717, 1.165) is 50.0 Å². The summed E-state index contributed by atoms with van der Waals surface area (Å²) >= 11 is 0. The minimum Gasteiger partial charge on any atom is -0.396 e. The van der Waals surface area contributed by atoms with E-state index in [2.05, 4.69) is 10.4 Å². The Kier molecular flexibility index (Phi) is 7.30. The Hall–Kier alpha value is -1.36. The molecule has 0 bridgehead atoms. The van der Waals surface area contributed by atoms with Crippen LogP contribution in [0.15, 0.2) is 0 Å². The number of hydrogen-bond donors (Lipinski definition) is 2. The van der Waals surface area contributed by atoms with Gasteiger partial charge in [-0.1, -0.05) is 12.8 Å². The molecule has 0 radical (unpaired) electrons. The fourth-order valence-electron chi connectivity index (χ4n) is 2.32. The topological polar surface area (TPSA) is 67.2 Å². The number of aliphatic hydroxyl groups excluding tert-OH is 1. The van der Waals surface area contributed by atoms with E-state index in [1.54, 1.807) is 0 Å². The van der Waals surface area contributed by atoms with Crippen LogP contribution in [0.5, 0.6) is 0 Å². The van der Waals surface area contributed by atoms with Crippen LogP contribution in [0.2, 0.25) is 0 Å². The second-order valence-electron chi connectivity index (χ2n) is 5.26. The zero-order chi connectivity index (χ0) is 15.0. The number of amides is 1. The molecule has 0 spiro atoms. The number of hydrogen-bond acceptors (Lipinski definition) is 3. The number of unbranched alkanes of at least 4 members (excludes halogenated alkanes) is 3. The number of rotatable bonds is 9. The van der Waals surface area contributed by atoms with Gasteiger partial charge in [-0.3, -0.25) is 9.48 Å².